The molecule has 0 aliphatic heterocycles. The number of carbonyl (C=O) groups is 1. The number of anilines is 2. The molecular formula is C13H16N4O. The molecule has 0 radical (unpaired) electrons. The highest BCUT2D eigenvalue weighted by atomic mass is 16.2. The van der Waals surface area contributed by atoms with E-state index in [1.807, 2.05) is 31.2 Å². The molecule has 0 aliphatic carbocycles. The minimum absolute atomic E-state index is 0.217. The lowest BCUT2D eigenvalue weighted by molar-refractivity contribution is 0.0989. The van der Waals surface area contributed by atoms with Crippen LogP contribution < -0.4 is 10.6 Å². The lowest BCUT2D eigenvalue weighted by Gasteiger charge is -2.18. The van der Waals surface area contributed by atoms with Crippen LogP contribution in [0.4, 0.5) is 11.4 Å². The van der Waals surface area contributed by atoms with Crippen molar-refractivity contribution in [1.29, 1.82) is 0 Å². The van der Waals surface area contributed by atoms with Crippen molar-refractivity contribution in [3.63, 3.8) is 0 Å². The van der Waals surface area contributed by atoms with Crippen LogP contribution in [0.5, 0.6) is 0 Å². The number of nitrogens with zero attached hydrogens (tertiary/aromatic N) is 2. The average molecular weight is 244 g/mol. The van der Waals surface area contributed by atoms with Gasteiger partial charge in [0.15, 0.2) is 5.69 Å². The fourth-order valence-electron chi connectivity index (χ4n) is 1.81. The van der Waals surface area contributed by atoms with Gasteiger partial charge in [-0.15, -0.1) is 0 Å². The van der Waals surface area contributed by atoms with Crippen molar-refractivity contribution < 1.29 is 4.79 Å². The van der Waals surface area contributed by atoms with Gasteiger partial charge in [0.1, 0.15) is 0 Å². The molecule has 0 saturated heterocycles. The van der Waals surface area contributed by atoms with Crippen molar-refractivity contribution in [2.24, 2.45) is 0 Å². The third-order valence-corrected chi connectivity index (χ3v) is 2.98. The smallest absolute Gasteiger partial charge is 0.280 e. The predicted octanol–water partition coefficient (Wildman–Crippen LogP) is 1.89. The van der Waals surface area contributed by atoms with Crippen molar-refractivity contribution in [3.05, 3.63) is 41.2 Å². The van der Waals surface area contributed by atoms with Gasteiger partial charge in [0, 0.05) is 12.7 Å². The Hall–Kier alpha value is -2.30. The van der Waals surface area contributed by atoms with Crippen LogP contribution in [0.3, 0.4) is 0 Å². The van der Waals surface area contributed by atoms with Crippen molar-refractivity contribution in [2.45, 2.75) is 13.8 Å². The molecule has 94 valence electrons. The van der Waals surface area contributed by atoms with Crippen LogP contribution >= 0.6 is 0 Å². The van der Waals surface area contributed by atoms with Crippen LogP contribution in [0.15, 0.2) is 24.3 Å². The van der Waals surface area contributed by atoms with Gasteiger partial charge in [0.05, 0.1) is 11.4 Å². The number of carbonyl (C=O) groups excluding carboxylic acids is 1. The number of aromatic nitrogens is 2. The van der Waals surface area contributed by atoms with Gasteiger partial charge in [-0.2, -0.15) is 5.10 Å². The number of benzene rings is 1. The number of hydrogen-bond acceptors (Lipinski definition) is 3. The first-order valence-electron chi connectivity index (χ1n) is 5.66. The van der Waals surface area contributed by atoms with Gasteiger partial charge >= 0.3 is 0 Å². The Labute approximate surface area is 106 Å². The van der Waals surface area contributed by atoms with Crippen molar-refractivity contribution in [3.8, 4) is 0 Å². The molecule has 1 amide bonds. The number of H-pyrrole nitrogens is 1. The standard InChI is InChI=1S/C13H16N4O/c1-8-6-4-5-7-10(8)17(3)13(18)12-11(14)9(2)15-16-12/h4-7H,14H2,1-3H3,(H,15,16). The first-order chi connectivity index (χ1) is 8.52. The summed E-state index contributed by atoms with van der Waals surface area (Å²) in [5, 5.41) is 6.67. The largest absolute Gasteiger partial charge is 0.395 e. The fourth-order valence-corrected chi connectivity index (χ4v) is 1.81. The van der Waals surface area contributed by atoms with Crippen LogP contribution in [0.2, 0.25) is 0 Å². The first kappa shape index (κ1) is 12.2. The van der Waals surface area contributed by atoms with E-state index in [1.165, 1.54) is 0 Å². The van der Waals surface area contributed by atoms with Crippen LogP contribution in [-0.4, -0.2) is 23.2 Å². The minimum atomic E-state index is -0.217. The average Bonchev–Trinajstić information content (AvgIpc) is 2.69. The molecule has 1 aromatic heterocycles. The Morgan fingerprint density at radius 3 is 2.56 bits per heavy atom. The van der Waals surface area contributed by atoms with E-state index in [-0.39, 0.29) is 11.6 Å². The number of aromatic amines is 1. The maximum Gasteiger partial charge on any atom is 0.280 e. The van der Waals surface area contributed by atoms with Gasteiger partial charge in [-0.25, -0.2) is 0 Å². The van der Waals surface area contributed by atoms with Crippen LogP contribution in [0.25, 0.3) is 0 Å². The third-order valence-electron chi connectivity index (χ3n) is 2.98. The second-order valence-electron chi connectivity index (χ2n) is 4.26. The van der Waals surface area contributed by atoms with E-state index in [0.717, 1.165) is 11.3 Å². The second kappa shape index (κ2) is 4.52. The van der Waals surface area contributed by atoms with Gasteiger partial charge in [-0.05, 0) is 25.5 Å². The van der Waals surface area contributed by atoms with Gasteiger partial charge in [-0.3, -0.25) is 9.89 Å². The fraction of sp³-hybridized carbons (Fsp3) is 0.231. The molecule has 1 heterocycles. The zero-order valence-corrected chi connectivity index (χ0v) is 10.7. The van der Waals surface area contributed by atoms with E-state index < -0.39 is 0 Å². The Morgan fingerprint density at radius 1 is 1.33 bits per heavy atom. The lowest BCUT2D eigenvalue weighted by atomic mass is 10.1. The highest BCUT2D eigenvalue weighted by molar-refractivity contribution is 6.08. The molecule has 2 rings (SSSR count). The molecule has 1 aromatic carbocycles. The highest BCUT2D eigenvalue weighted by Crippen LogP contribution is 2.22. The molecule has 0 atom stereocenters. The van der Waals surface area contributed by atoms with E-state index in [2.05, 4.69) is 10.2 Å². The molecule has 0 bridgehead atoms. The van der Waals surface area contributed by atoms with Gasteiger partial charge in [0.2, 0.25) is 0 Å². The van der Waals surface area contributed by atoms with Crippen LogP contribution in [0, 0.1) is 13.8 Å². The topological polar surface area (TPSA) is 75.0 Å². The lowest BCUT2D eigenvalue weighted by Crippen LogP contribution is -2.28. The maximum atomic E-state index is 12.3. The highest BCUT2D eigenvalue weighted by Gasteiger charge is 2.21. The Kier molecular flexibility index (Phi) is 3.06. The maximum absolute atomic E-state index is 12.3. The van der Waals surface area contributed by atoms with Crippen LogP contribution in [-0.2, 0) is 0 Å². The molecule has 0 unspecified atom stereocenters. The second-order valence-corrected chi connectivity index (χ2v) is 4.26. The number of amides is 1. The molecular weight excluding hydrogens is 228 g/mol. The summed E-state index contributed by atoms with van der Waals surface area (Å²) >= 11 is 0. The molecule has 2 aromatic rings. The molecule has 3 N–H and O–H groups in total. The number of nitrogens with two attached hydrogens (primary N) is 1. The Morgan fingerprint density at radius 2 is 2.00 bits per heavy atom. The van der Waals surface area contributed by atoms with Gasteiger partial charge in [0.25, 0.3) is 5.91 Å². The van der Waals surface area contributed by atoms with Gasteiger partial charge in [-0.1, -0.05) is 18.2 Å². The monoisotopic (exact) mass is 244 g/mol. The summed E-state index contributed by atoms with van der Waals surface area (Å²) in [7, 11) is 1.72. The zero-order chi connectivity index (χ0) is 13.3. The predicted molar refractivity (Wildman–Crippen MR) is 71.6 cm³/mol. The summed E-state index contributed by atoms with van der Waals surface area (Å²) < 4.78 is 0. The van der Waals surface area contributed by atoms with E-state index in [0.29, 0.717) is 11.4 Å². The molecule has 0 aliphatic rings. The number of rotatable bonds is 2. The Balaban J connectivity index is 2.35. The van der Waals surface area contributed by atoms with E-state index >= 15 is 0 Å². The quantitative estimate of drug-likeness (QED) is 0.847. The SMILES string of the molecule is Cc1ccccc1N(C)C(=O)c1n[nH]c(C)c1N. The normalized spacial score (nSPS) is 10.4. The molecule has 18 heavy (non-hydrogen) atoms. The summed E-state index contributed by atoms with van der Waals surface area (Å²) in [5.74, 6) is -0.217. The number of aryl methyl sites for hydroxylation is 2. The molecule has 5 nitrogen and oxygen atoms in total. The minimum Gasteiger partial charge on any atom is -0.395 e. The third kappa shape index (κ3) is 1.95. The van der Waals surface area contributed by atoms with Crippen molar-refractivity contribution in [1.82, 2.24) is 10.2 Å². The number of nitrogens with one attached hydrogen (secondary N) is 1. The summed E-state index contributed by atoms with van der Waals surface area (Å²) in [6.07, 6.45) is 0. The van der Waals surface area contributed by atoms with E-state index in [9.17, 15) is 4.79 Å². The van der Waals surface area contributed by atoms with Crippen LogP contribution in [0.1, 0.15) is 21.7 Å². The first-order valence-corrected chi connectivity index (χ1v) is 5.66. The van der Waals surface area contributed by atoms with E-state index in [4.69, 9.17) is 5.73 Å². The number of nitrogen functional groups attached to an aromatic ring is 1. The van der Waals surface area contributed by atoms with Crippen molar-refractivity contribution in [2.75, 3.05) is 17.7 Å². The molecule has 0 spiro atoms. The van der Waals surface area contributed by atoms with E-state index in [1.54, 1.807) is 18.9 Å². The zero-order valence-electron chi connectivity index (χ0n) is 10.7. The molecule has 5 heteroatoms. The number of para-hydroxylation sites is 1. The summed E-state index contributed by atoms with van der Waals surface area (Å²) in [5.41, 5.74) is 9.06. The molecule has 0 fully saturated rings. The summed E-state index contributed by atoms with van der Waals surface area (Å²) in [6, 6.07) is 7.68. The van der Waals surface area contributed by atoms with Gasteiger partial charge < -0.3 is 10.6 Å². The van der Waals surface area contributed by atoms with Crippen molar-refractivity contribution >= 4 is 17.3 Å². The molecule has 0 saturated carbocycles. The Bertz CT molecular complexity index is 588. The number of hydrogen-bond donors (Lipinski definition) is 2. The summed E-state index contributed by atoms with van der Waals surface area (Å²) in [4.78, 5) is 13.9. The summed E-state index contributed by atoms with van der Waals surface area (Å²) in [6.45, 7) is 3.74.